The number of hydrogen-bond donors (Lipinski definition) is 2. The highest BCUT2D eigenvalue weighted by atomic mass is 79.9. The quantitative estimate of drug-likeness (QED) is 0.819. The van der Waals surface area contributed by atoms with E-state index in [1.807, 2.05) is 18.2 Å². The minimum atomic E-state index is 0.442. The molecule has 4 heteroatoms. The Bertz CT molecular complexity index is 441. The first kappa shape index (κ1) is 13.8. The molecule has 0 amide bonds. The maximum absolute atomic E-state index is 5.78. The Morgan fingerprint density at radius 3 is 2.72 bits per heavy atom. The van der Waals surface area contributed by atoms with E-state index < -0.39 is 0 Å². The van der Waals surface area contributed by atoms with Crippen molar-refractivity contribution in [1.82, 2.24) is 0 Å². The Morgan fingerprint density at radius 2 is 2.11 bits per heavy atom. The molecule has 0 radical (unpaired) electrons. The fraction of sp³-hybridized carbons (Fsp3) is 0.500. The predicted octanol–water partition coefficient (Wildman–Crippen LogP) is 4.07. The van der Waals surface area contributed by atoms with E-state index in [1.165, 1.54) is 25.7 Å². The standard InChI is InChI=1S/C14H19BrN2S/c1-9(10-4-2-3-5-10)17-13-7-6-11(15)8-12(13)14(16)18/h6-10,17H,2-5H2,1H3,(H2,16,18). The Kier molecular flexibility index (Phi) is 4.62. The predicted molar refractivity (Wildman–Crippen MR) is 85.1 cm³/mol. The fourth-order valence-electron chi connectivity index (χ4n) is 2.67. The van der Waals surface area contributed by atoms with E-state index in [4.69, 9.17) is 18.0 Å². The lowest BCUT2D eigenvalue weighted by Crippen LogP contribution is -2.25. The van der Waals surface area contributed by atoms with Crippen LogP contribution < -0.4 is 11.1 Å². The van der Waals surface area contributed by atoms with Gasteiger partial charge in [0.15, 0.2) is 0 Å². The van der Waals surface area contributed by atoms with Crippen LogP contribution in [-0.2, 0) is 0 Å². The number of anilines is 1. The summed E-state index contributed by atoms with van der Waals surface area (Å²) in [6.45, 7) is 2.25. The first-order chi connectivity index (χ1) is 8.58. The van der Waals surface area contributed by atoms with Gasteiger partial charge in [-0.2, -0.15) is 0 Å². The van der Waals surface area contributed by atoms with Crippen LogP contribution in [0.15, 0.2) is 22.7 Å². The van der Waals surface area contributed by atoms with Gasteiger partial charge in [0.1, 0.15) is 4.99 Å². The van der Waals surface area contributed by atoms with E-state index in [0.717, 1.165) is 21.6 Å². The van der Waals surface area contributed by atoms with Crippen LogP contribution in [0.1, 0.15) is 38.2 Å². The molecule has 1 aromatic rings. The lowest BCUT2D eigenvalue weighted by molar-refractivity contribution is 0.482. The molecule has 1 fully saturated rings. The van der Waals surface area contributed by atoms with Crippen LogP contribution in [0, 0.1) is 5.92 Å². The van der Waals surface area contributed by atoms with E-state index in [9.17, 15) is 0 Å². The van der Waals surface area contributed by atoms with Gasteiger partial charge in [-0.3, -0.25) is 0 Å². The second kappa shape index (κ2) is 6.02. The fourth-order valence-corrected chi connectivity index (χ4v) is 3.20. The molecule has 2 rings (SSSR count). The van der Waals surface area contributed by atoms with Crippen molar-refractivity contribution < 1.29 is 0 Å². The van der Waals surface area contributed by atoms with Gasteiger partial charge in [0.25, 0.3) is 0 Å². The summed E-state index contributed by atoms with van der Waals surface area (Å²) in [6.07, 6.45) is 5.37. The summed E-state index contributed by atoms with van der Waals surface area (Å²) in [5.74, 6) is 0.771. The summed E-state index contributed by atoms with van der Waals surface area (Å²) in [7, 11) is 0. The number of nitrogens with two attached hydrogens (primary N) is 1. The minimum Gasteiger partial charge on any atom is -0.389 e. The number of benzene rings is 1. The van der Waals surface area contributed by atoms with Gasteiger partial charge >= 0.3 is 0 Å². The van der Waals surface area contributed by atoms with Crippen molar-refractivity contribution in [3.05, 3.63) is 28.2 Å². The minimum absolute atomic E-state index is 0.442. The molecule has 0 bridgehead atoms. The summed E-state index contributed by atoms with van der Waals surface area (Å²) in [4.78, 5) is 0.442. The molecule has 0 heterocycles. The number of nitrogens with one attached hydrogen (secondary N) is 1. The first-order valence-electron chi connectivity index (χ1n) is 6.44. The molecule has 0 aliphatic heterocycles. The van der Waals surface area contributed by atoms with Crippen LogP contribution in [0.3, 0.4) is 0 Å². The van der Waals surface area contributed by atoms with Crippen molar-refractivity contribution in [2.45, 2.75) is 38.6 Å². The van der Waals surface area contributed by atoms with Crippen molar-refractivity contribution in [1.29, 1.82) is 0 Å². The van der Waals surface area contributed by atoms with Crippen LogP contribution in [0.2, 0.25) is 0 Å². The smallest absolute Gasteiger partial charge is 0.106 e. The molecule has 18 heavy (non-hydrogen) atoms. The second-order valence-corrected chi connectivity index (χ2v) is 6.39. The van der Waals surface area contributed by atoms with Crippen molar-refractivity contribution in [3.8, 4) is 0 Å². The number of halogens is 1. The van der Waals surface area contributed by atoms with E-state index in [0.29, 0.717) is 11.0 Å². The molecule has 3 N–H and O–H groups in total. The Labute approximate surface area is 122 Å². The maximum atomic E-state index is 5.78. The molecule has 1 atom stereocenters. The topological polar surface area (TPSA) is 38.0 Å². The number of rotatable bonds is 4. The summed E-state index contributed by atoms with van der Waals surface area (Å²) < 4.78 is 1.00. The van der Waals surface area contributed by atoms with Crippen molar-refractivity contribution in [2.24, 2.45) is 11.7 Å². The van der Waals surface area contributed by atoms with Crippen molar-refractivity contribution in [3.63, 3.8) is 0 Å². The molecular weight excluding hydrogens is 308 g/mol. The third-order valence-corrected chi connectivity index (χ3v) is 4.45. The van der Waals surface area contributed by atoms with E-state index >= 15 is 0 Å². The summed E-state index contributed by atoms with van der Waals surface area (Å²) in [5.41, 5.74) is 7.75. The highest BCUT2D eigenvalue weighted by Crippen LogP contribution is 2.30. The Hall–Kier alpha value is -0.610. The molecule has 0 spiro atoms. The van der Waals surface area contributed by atoms with E-state index in [1.54, 1.807) is 0 Å². The largest absolute Gasteiger partial charge is 0.389 e. The summed E-state index contributed by atoms with van der Waals surface area (Å²) >= 11 is 8.57. The molecule has 1 aromatic carbocycles. The summed E-state index contributed by atoms with van der Waals surface area (Å²) in [5, 5.41) is 3.57. The molecular formula is C14H19BrN2S. The first-order valence-corrected chi connectivity index (χ1v) is 7.64. The monoisotopic (exact) mass is 326 g/mol. The van der Waals surface area contributed by atoms with Gasteiger partial charge in [-0.05, 0) is 43.9 Å². The molecule has 0 saturated heterocycles. The van der Waals surface area contributed by atoms with Crippen molar-refractivity contribution in [2.75, 3.05) is 5.32 Å². The average Bonchev–Trinajstić information content (AvgIpc) is 2.84. The molecule has 98 valence electrons. The highest BCUT2D eigenvalue weighted by molar-refractivity contribution is 9.10. The third-order valence-electron chi connectivity index (χ3n) is 3.74. The molecule has 1 aliphatic carbocycles. The Balaban J connectivity index is 2.15. The molecule has 0 aromatic heterocycles. The third kappa shape index (κ3) is 3.23. The zero-order valence-corrected chi connectivity index (χ0v) is 13.0. The van der Waals surface area contributed by atoms with Gasteiger partial charge < -0.3 is 11.1 Å². The number of thiocarbonyl (C=S) groups is 1. The van der Waals surface area contributed by atoms with Crippen LogP contribution in [0.4, 0.5) is 5.69 Å². The number of hydrogen-bond acceptors (Lipinski definition) is 2. The molecule has 1 saturated carbocycles. The molecule has 1 aliphatic rings. The SMILES string of the molecule is CC(Nc1ccc(Br)cc1C(N)=S)C1CCCC1. The normalized spacial score (nSPS) is 17.7. The second-order valence-electron chi connectivity index (χ2n) is 5.03. The highest BCUT2D eigenvalue weighted by Gasteiger charge is 2.22. The van der Waals surface area contributed by atoms with Gasteiger partial charge in [0, 0.05) is 21.8 Å². The van der Waals surface area contributed by atoms with Crippen LogP contribution in [0.5, 0.6) is 0 Å². The van der Waals surface area contributed by atoms with Gasteiger partial charge in [-0.25, -0.2) is 0 Å². The molecule has 1 unspecified atom stereocenters. The maximum Gasteiger partial charge on any atom is 0.106 e. The molecule has 2 nitrogen and oxygen atoms in total. The lowest BCUT2D eigenvalue weighted by atomic mass is 9.99. The van der Waals surface area contributed by atoms with Crippen LogP contribution in [0.25, 0.3) is 0 Å². The summed E-state index contributed by atoms with van der Waals surface area (Å²) in [6, 6.07) is 6.52. The van der Waals surface area contributed by atoms with Crippen molar-refractivity contribution >= 4 is 38.8 Å². The zero-order valence-electron chi connectivity index (χ0n) is 10.6. The van der Waals surface area contributed by atoms with Gasteiger partial charge in [-0.15, -0.1) is 0 Å². The van der Waals surface area contributed by atoms with Gasteiger partial charge in [-0.1, -0.05) is 41.0 Å². The van der Waals surface area contributed by atoms with Crippen LogP contribution in [-0.4, -0.2) is 11.0 Å². The van der Waals surface area contributed by atoms with Crippen LogP contribution >= 0.6 is 28.1 Å². The van der Waals surface area contributed by atoms with E-state index in [-0.39, 0.29) is 0 Å². The van der Waals surface area contributed by atoms with Gasteiger partial charge in [0.05, 0.1) is 0 Å². The van der Waals surface area contributed by atoms with E-state index in [2.05, 4.69) is 28.2 Å². The average molecular weight is 327 g/mol. The van der Waals surface area contributed by atoms with Gasteiger partial charge in [0.2, 0.25) is 0 Å². The zero-order chi connectivity index (χ0) is 13.1. The lowest BCUT2D eigenvalue weighted by Gasteiger charge is -2.23. The Morgan fingerprint density at radius 1 is 1.44 bits per heavy atom.